The number of hydrogen-bond donors (Lipinski definition) is 1. The molecule has 2 atom stereocenters. The maximum absolute atomic E-state index is 4.43. The summed E-state index contributed by atoms with van der Waals surface area (Å²) in [5.74, 6) is 0.966. The van der Waals surface area contributed by atoms with E-state index in [4.69, 9.17) is 0 Å². The lowest BCUT2D eigenvalue weighted by Gasteiger charge is -2.35. The highest BCUT2D eigenvalue weighted by Gasteiger charge is 2.36. The summed E-state index contributed by atoms with van der Waals surface area (Å²) in [6, 6.07) is 0.807. The van der Waals surface area contributed by atoms with E-state index in [1.807, 2.05) is 0 Å². The van der Waals surface area contributed by atoms with Gasteiger partial charge >= 0.3 is 0 Å². The van der Waals surface area contributed by atoms with Crippen molar-refractivity contribution in [1.82, 2.24) is 9.21 Å². The summed E-state index contributed by atoms with van der Waals surface area (Å²) in [7, 11) is 0. The Morgan fingerprint density at radius 1 is 1.33 bits per heavy atom. The van der Waals surface area contributed by atoms with E-state index in [-0.39, 0.29) is 0 Å². The van der Waals surface area contributed by atoms with E-state index in [0.717, 1.165) is 12.0 Å². The Hall–Kier alpha value is 0.270. The van der Waals surface area contributed by atoms with Gasteiger partial charge in [-0.25, -0.2) is 0 Å². The molecule has 0 amide bonds. The average Bonchev–Trinajstić information content (AvgIpc) is 2.46. The molecule has 3 heteroatoms. The zero-order valence-corrected chi connectivity index (χ0v) is 8.63. The van der Waals surface area contributed by atoms with Gasteiger partial charge in [0.2, 0.25) is 0 Å². The lowest BCUT2D eigenvalue weighted by Crippen LogP contribution is -2.44. The Balaban J connectivity index is 2.00. The molecule has 0 aromatic heterocycles. The average molecular weight is 186 g/mol. The van der Waals surface area contributed by atoms with E-state index < -0.39 is 0 Å². The molecule has 0 aromatic rings. The molecule has 2 unspecified atom stereocenters. The van der Waals surface area contributed by atoms with Crippen molar-refractivity contribution in [3.8, 4) is 0 Å². The first-order valence-electron chi connectivity index (χ1n) is 4.99. The van der Waals surface area contributed by atoms with Crippen molar-refractivity contribution in [2.24, 2.45) is 5.92 Å². The van der Waals surface area contributed by atoms with Crippen LogP contribution in [0.2, 0.25) is 0 Å². The van der Waals surface area contributed by atoms with E-state index in [1.54, 1.807) is 0 Å². The fourth-order valence-electron chi connectivity index (χ4n) is 2.60. The maximum atomic E-state index is 4.43. The summed E-state index contributed by atoms with van der Waals surface area (Å²) in [5, 5.41) is 0. The van der Waals surface area contributed by atoms with Crippen molar-refractivity contribution < 1.29 is 0 Å². The first kappa shape index (κ1) is 8.85. The number of fused-ring (bicyclic) bond motifs is 1. The molecule has 2 aliphatic rings. The fraction of sp³-hybridized carbons (Fsp3) is 1.00. The molecule has 2 rings (SSSR count). The van der Waals surface area contributed by atoms with Crippen LogP contribution in [0.1, 0.15) is 19.8 Å². The Morgan fingerprint density at radius 2 is 2.08 bits per heavy atom. The summed E-state index contributed by atoms with van der Waals surface area (Å²) < 4.78 is 2.18. The quantitative estimate of drug-likeness (QED) is 0.616. The van der Waals surface area contributed by atoms with Crippen molar-refractivity contribution in [3.05, 3.63) is 0 Å². The van der Waals surface area contributed by atoms with Crippen LogP contribution in [-0.2, 0) is 0 Å². The smallest absolute Gasteiger partial charge is 0.0261 e. The first-order valence-corrected chi connectivity index (χ1v) is 5.39. The van der Waals surface area contributed by atoms with Crippen molar-refractivity contribution in [2.75, 3.05) is 26.2 Å². The van der Waals surface area contributed by atoms with Gasteiger partial charge in [0.1, 0.15) is 0 Å². The summed E-state index contributed by atoms with van der Waals surface area (Å²) in [6.45, 7) is 7.14. The van der Waals surface area contributed by atoms with Crippen LogP contribution >= 0.6 is 12.8 Å². The van der Waals surface area contributed by atoms with Gasteiger partial charge in [-0.05, 0) is 31.8 Å². The molecular formula is C9H18N2S. The van der Waals surface area contributed by atoms with Crippen LogP contribution in [-0.4, -0.2) is 41.4 Å². The van der Waals surface area contributed by atoms with Crippen LogP contribution in [0.3, 0.4) is 0 Å². The molecule has 2 saturated heterocycles. The molecule has 0 spiro atoms. The number of rotatable bonds is 1. The minimum atomic E-state index is 0.807. The third-order valence-corrected chi connectivity index (χ3v) is 3.73. The number of nitrogens with zero attached hydrogens (tertiary/aromatic N) is 2. The molecule has 0 aromatic carbocycles. The normalized spacial score (nSPS) is 38.5. The topological polar surface area (TPSA) is 6.48 Å². The first-order chi connectivity index (χ1) is 5.81. The molecule has 0 aliphatic carbocycles. The van der Waals surface area contributed by atoms with E-state index in [0.29, 0.717) is 0 Å². The molecule has 70 valence electrons. The maximum Gasteiger partial charge on any atom is 0.0261 e. The van der Waals surface area contributed by atoms with E-state index in [2.05, 4.69) is 28.9 Å². The second-order valence-electron chi connectivity index (χ2n) is 3.95. The predicted octanol–water partition coefficient (Wildman–Crippen LogP) is 1.25. The fourth-order valence-corrected chi connectivity index (χ4v) is 2.89. The van der Waals surface area contributed by atoms with E-state index >= 15 is 0 Å². The second kappa shape index (κ2) is 3.56. The van der Waals surface area contributed by atoms with Crippen LogP contribution in [0.4, 0.5) is 0 Å². The Morgan fingerprint density at radius 3 is 2.83 bits per heavy atom. The highest BCUT2D eigenvalue weighted by molar-refractivity contribution is 7.77. The minimum Gasteiger partial charge on any atom is -0.299 e. The van der Waals surface area contributed by atoms with Crippen LogP contribution in [0.15, 0.2) is 0 Å². The van der Waals surface area contributed by atoms with Gasteiger partial charge in [-0.2, -0.15) is 0 Å². The standard InChI is InChI=1S/C9H18N2S/c1-2-10-5-3-8-4-6-11(12)7-9(8)10/h8-9,12H,2-7H2,1H3. The summed E-state index contributed by atoms with van der Waals surface area (Å²) in [4.78, 5) is 2.60. The van der Waals surface area contributed by atoms with Gasteiger partial charge in [0.25, 0.3) is 0 Å². The van der Waals surface area contributed by atoms with Gasteiger partial charge in [-0.1, -0.05) is 19.7 Å². The van der Waals surface area contributed by atoms with Crippen molar-refractivity contribution >= 4 is 12.8 Å². The number of likely N-dealkylation sites (N-methyl/N-ethyl adjacent to an activating group) is 1. The minimum absolute atomic E-state index is 0.807. The largest absolute Gasteiger partial charge is 0.299 e. The summed E-state index contributed by atoms with van der Waals surface area (Å²) in [5.41, 5.74) is 0. The monoisotopic (exact) mass is 186 g/mol. The zero-order valence-electron chi connectivity index (χ0n) is 7.74. The summed E-state index contributed by atoms with van der Waals surface area (Å²) in [6.07, 6.45) is 2.77. The third-order valence-electron chi connectivity index (χ3n) is 3.36. The van der Waals surface area contributed by atoms with Gasteiger partial charge in [0.15, 0.2) is 0 Å². The van der Waals surface area contributed by atoms with Crippen LogP contribution in [0.5, 0.6) is 0 Å². The van der Waals surface area contributed by atoms with Gasteiger partial charge in [-0.15, -0.1) is 0 Å². The Labute approximate surface area is 80.5 Å². The van der Waals surface area contributed by atoms with Gasteiger partial charge < -0.3 is 0 Å². The van der Waals surface area contributed by atoms with Crippen LogP contribution < -0.4 is 0 Å². The third kappa shape index (κ3) is 1.50. The molecule has 2 fully saturated rings. The van der Waals surface area contributed by atoms with E-state index in [1.165, 1.54) is 39.0 Å². The van der Waals surface area contributed by atoms with Gasteiger partial charge in [-0.3, -0.25) is 9.21 Å². The Kier molecular flexibility index (Phi) is 2.63. The molecule has 0 N–H and O–H groups in total. The molecule has 0 bridgehead atoms. The van der Waals surface area contributed by atoms with Crippen LogP contribution in [0.25, 0.3) is 0 Å². The lowest BCUT2D eigenvalue weighted by molar-refractivity contribution is 0.165. The molecule has 2 aliphatic heterocycles. The number of hydrogen-bond acceptors (Lipinski definition) is 3. The molecule has 2 nitrogen and oxygen atoms in total. The number of likely N-dealkylation sites (tertiary alicyclic amines) is 1. The molecular weight excluding hydrogens is 168 g/mol. The lowest BCUT2D eigenvalue weighted by atomic mass is 9.93. The molecule has 0 radical (unpaired) electrons. The molecule has 2 heterocycles. The van der Waals surface area contributed by atoms with Gasteiger partial charge in [0.05, 0.1) is 0 Å². The molecule has 0 saturated carbocycles. The Bertz CT molecular complexity index is 157. The van der Waals surface area contributed by atoms with Crippen molar-refractivity contribution in [3.63, 3.8) is 0 Å². The zero-order chi connectivity index (χ0) is 8.55. The predicted molar refractivity (Wildman–Crippen MR) is 54.3 cm³/mol. The second-order valence-corrected chi connectivity index (χ2v) is 4.51. The SMILES string of the molecule is CCN1CCC2CCN(S)CC21. The van der Waals surface area contributed by atoms with Crippen LogP contribution in [0, 0.1) is 5.92 Å². The highest BCUT2D eigenvalue weighted by atomic mass is 32.1. The van der Waals surface area contributed by atoms with E-state index in [9.17, 15) is 0 Å². The highest BCUT2D eigenvalue weighted by Crippen LogP contribution is 2.31. The number of piperidine rings is 1. The van der Waals surface area contributed by atoms with Gasteiger partial charge in [0, 0.05) is 19.1 Å². The number of thiol groups is 1. The van der Waals surface area contributed by atoms with Crippen molar-refractivity contribution in [2.45, 2.75) is 25.8 Å². The molecule has 12 heavy (non-hydrogen) atoms. The van der Waals surface area contributed by atoms with Crippen molar-refractivity contribution in [1.29, 1.82) is 0 Å². The summed E-state index contributed by atoms with van der Waals surface area (Å²) >= 11 is 4.43.